The molecule has 0 aliphatic heterocycles. The quantitative estimate of drug-likeness (QED) is 0.301. The Kier molecular flexibility index (Phi) is 7.20. The third-order valence-corrected chi connectivity index (χ3v) is 5.86. The lowest BCUT2D eigenvalue weighted by molar-refractivity contribution is 0.0921. The van der Waals surface area contributed by atoms with E-state index in [1.54, 1.807) is 36.4 Å². The molecule has 0 aliphatic carbocycles. The van der Waals surface area contributed by atoms with Crippen LogP contribution in [0, 0.1) is 0 Å². The van der Waals surface area contributed by atoms with Crippen molar-refractivity contribution in [2.24, 2.45) is 0 Å². The molecule has 0 aliphatic rings. The van der Waals surface area contributed by atoms with Crippen molar-refractivity contribution >= 4 is 73.5 Å². The highest BCUT2D eigenvalue weighted by atomic mass is 79.9. The summed E-state index contributed by atoms with van der Waals surface area (Å²) in [6.45, 7) is 0. The Morgan fingerprint density at radius 2 is 1.80 bits per heavy atom. The molecule has 0 bridgehead atoms. The summed E-state index contributed by atoms with van der Waals surface area (Å²) in [4.78, 5) is 41.9. The van der Waals surface area contributed by atoms with Crippen molar-refractivity contribution in [3.8, 4) is 5.82 Å². The van der Waals surface area contributed by atoms with Crippen LogP contribution in [-0.2, 0) is 4.74 Å². The van der Waals surface area contributed by atoms with Gasteiger partial charge in [-0.3, -0.25) is 15.0 Å². The van der Waals surface area contributed by atoms with Gasteiger partial charge in [0.25, 0.3) is 11.8 Å². The van der Waals surface area contributed by atoms with Crippen molar-refractivity contribution < 1.29 is 19.1 Å². The van der Waals surface area contributed by atoms with E-state index in [2.05, 4.69) is 46.9 Å². The lowest BCUT2D eigenvalue weighted by Crippen LogP contribution is -2.41. The number of carbonyl (C=O) groups is 3. The zero-order valence-corrected chi connectivity index (χ0v) is 20.9. The summed E-state index contributed by atoms with van der Waals surface area (Å²) >= 11 is 16.1. The first-order valence-corrected chi connectivity index (χ1v) is 11.4. The first kappa shape index (κ1) is 24.5. The minimum absolute atomic E-state index is 0.000507. The summed E-state index contributed by atoms with van der Waals surface area (Å²) in [5.41, 5.74) is 4.40. The van der Waals surface area contributed by atoms with Crippen molar-refractivity contribution in [2.45, 2.75) is 0 Å². The third-order valence-electron chi connectivity index (χ3n) is 4.78. The number of halogens is 3. The first-order chi connectivity index (χ1) is 16.8. The molecule has 0 saturated heterocycles. The molecule has 0 fully saturated rings. The van der Waals surface area contributed by atoms with Crippen LogP contribution < -0.4 is 16.2 Å². The molecule has 2 aromatic heterocycles. The van der Waals surface area contributed by atoms with Crippen molar-refractivity contribution in [3.05, 3.63) is 80.6 Å². The van der Waals surface area contributed by atoms with E-state index in [-0.39, 0.29) is 32.8 Å². The number of methoxy groups -OCH3 is 1. The standard InChI is InChI=1S/C22H15BrCl2N6O4/c1-35-22(34)29-28-20(32)13-9-11-5-2-3-6-12(11)17(25)18(13)27-21(33)15-10-16(23)30-31(15)19-14(24)7-4-8-26-19/h2-10H,1H3,(H,27,33)(H,28,32)(H,29,34). The van der Waals surface area contributed by atoms with Gasteiger partial charge in [-0.05, 0) is 39.5 Å². The number of rotatable bonds is 4. The number of hydrogen-bond donors (Lipinski definition) is 3. The molecule has 10 nitrogen and oxygen atoms in total. The number of anilines is 1. The Morgan fingerprint density at radius 1 is 1.03 bits per heavy atom. The molecule has 0 radical (unpaired) electrons. The van der Waals surface area contributed by atoms with Crippen LogP contribution in [0.1, 0.15) is 20.8 Å². The number of fused-ring (bicyclic) bond motifs is 1. The fraction of sp³-hybridized carbons (Fsp3) is 0.0455. The number of pyridine rings is 1. The molecular formula is C22H15BrCl2N6O4. The second-order valence-corrected chi connectivity index (χ2v) is 8.53. The van der Waals surface area contributed by atoms with Gasteiger partial charge in [0.05, 0.1) is 28.4 Å². The Hall–Kier alpha value is -3.67. The van der Waals surface area contributed by atoms with Gasteiger partial charge in [0.1, 0.15) is 10.3 Å². The average molecular weight is 578 g/mol. The van der Waals surface area contributed by atoms with Crippen LogP contribution in [0.15, 0.2) is 59.3 Å². The van der Waals surface area contributed by atoms with Gasteiger partial charge >= 0.3 is 6.09 Å². The van der Waals surface area contributed by atoms with Crippen LogP contribution in [0.4, 0.5) is 10.5 Å². The minimum atomic E-state index is -0.878. The van der Waals surface area contributed by atoms with Crippen LogP contribution >= 0.6 is 39.1 Å². The summed E-state index contributed by atoms with van der Waals surface area (Å²) in [6, 6.07) is 13.3. The number of hydrogen-bond acceptors (Lipinski definition) is 6. The van der Waals surface area contributed by atoms with Crippen molar-refractivity contribution in [2.75, 3.05) is 12.4 Å². The number of benzene rings is 2. The summed E-state index contributed by atoms with van der Waals surface area (Å²) in [5, 5.41) is 8.57. The lowest BCUT2D eigenvalue weighted by atomic mass is 10.0. The van der Waals surface area contributed by atoms with Crippen LogP contribution in [0.5, 0.6) is 0 Å². The van der Waals surface area contributed by atoms with Crippen molar-refractivity contribution in [1.82, 2.24) is 25.6 Å². The van der Waals surface area contributed by atoms with Gasteiger partial charge in [0.2, 0.25) is 0 Å². The van der Waals surface area contributed by atoms with E-state index in [1.165, 1.54) is 23.0 Å². The van der Waals surface area contributed by atoms with Gasteiger partial charge in [0, 0.05) is 17.6 Å². The first-order valence-electron chi connectivity index (χ1n) is 9.83. The molecule has 0 saturated carbocycles. The molecule has 2 aromatic carbocycles. The molecule has 0 unspecified atom stereocenters. The molecule has 4 rings (SSSR count). The number of aromatic nitrogens is 3. The molecule has 0 spiro atoms. The molecule has 3 amide bonds. The zero-order chi connectivity index (χ0) is 25.1. The zero-order valence-electron chi connectivity index (χ0n) is 17.8. The van der Waals surface area contributed by atoms with E-state index in [1.807, 2.05) is 0 Å². The van der Waals surface area contributed by atoms with Crippen LogP contribution in [-0.4, -0.2) is 39.8 Å². The SMILES string of the molecule is COC(=O)NNC(=O)c1cc2ccccc2c(Cl)c1NC(=O)c1cc(Br)nn1-c1ncccc1Cl. The largest absolute Gasteiger partial charge is 0.452 e. The number of amides is 3. The predicted molar refractivity (Wildman–Crippen MR) is 134 cm³/mol. The fourth-order valence-corrected chi connectivity index (χ4v) is 4.12. The number of ether oxygens (including phenoxy) is 1. The highest BCUT2D eigenvalue weighted by molar-refractivity contribution is 9.10. The Balaban J connectivity index is 1.77. The van der Waals surface area contributed by atoms with E-state index >= 15 is 0 Å². The molecule has 4 aromatic rings. The van der Waals surface area contributed by atoms with Crippen molar-refractivity contribution in [3.63, 3.8) is 0 Å². The van der Waals surface area contributed by atoms with Gasteiger partial charge < -0.3 is 10.1 Å². The molecule has 3 N–H and O–H groups in total. The Bertz CT molecular complexity index is 1480. The van der Waals surface area contributed by atoms with Crippen molar-refractivity contribution in [1.29, 1.82) is 0 Å². The summed E-state index contributed by atoms with van der Waals surface area (Å²) in [6.07, 6.45) is 0.631. The van der Waals surface area contributed by atoms with Crippen LogP contribution in [0.2, 0.25) is 10.0 Å². The normalized spacial score (nSPS) is 10.6. The van der Waals surface area contributed by atoms with Crippen LogP contribution in [0.25, 0.3) is 16.6 Å². The molecule has 178 valence electrons. The Morgan fingerprint density at radius 3 is 2.54 bits per heavy atom. The maximum Gasteiger partial charge on any atom is 0.425 e. The maximum absolute atomic E-state index is 13.4. The third kappa shape index (κ3) is 5.06. The van der Waals surface area contributed by atoms with Gasteiger partial charge in [-0.15, -0.1) is 0 Å². The number of nitrogens with zero attached hydrogens (tertiary/aromatic N) is 3. The molecular weight excluding hydrogens is 563 g/mol. The lowest BCUT2D eigenvalue weighted by Gasteiger charge is -2.16. The monoisotopic (exact) mass is 576 g/mol. The van der Waals surface area contributed by atoms with Crippen LogP contribution in [0.3, 0.4) is 0 Å². The molecule has 13 heteroatoms. The second-order valence-electron chi connectivity index (χ2n) is 6.93. The number of nitrogens with one attached hydrogen (secondary N) is 3. The Labute approximate surface area is 216 Å². The predicted octanol–water partition coefficient (Wildman–Crippen LogP) is 4.74. The van der Waals surface area contributed by atoms with E-state index < -0.39 is 17.9 Å². The number of carbonyl (C=O) groups excluding carboxylic acids is 3. The van der Waals surface area contributed by atoms with E-state index in [4.69, 9.17) is 23.2 Å². The smallest absolute Gasteiger partial charge is 0.425 e. The van der Waals surface area contributed by atoms with E-state index in [0.717, 1.165) is 7.11 Å². The van der Waals surface area contributed by atoms with E-state index in [0.29, 0.717) is 15.4 Å². The molecule has 35 heavy (non-hydrogen) atoms. The van der Waals surface area contributed by atoms with Gasteiger partial charge in [0.15, 0.2) is 5.82 Å². The molecule has 0 atom stereocenters. The summed E-state index contributed by atoms with van der Waals surface area (Å²) in [7, 11) is 1.15. The van der Waals surface area contributed by atoms with Gasteiger partial charge in [-0.2, -0.15) is 5.10 Å². The highest BCUT2D eigenvalue weighted by Crippen LogP contribution is 2.35. The van der Waals surface area contributed by atoms with Gasteiger partial charge in [-0.25, -0.2) is 19.9 Å². The highest BCUT2D eigenvalue weighted by Gasteiger charge is 2.24. The summed E-state index contributed by atoms with van der Waals surface area (Å²) in [5.74, 6) is -1.15. The minimum Gasteiger partial charge on any atom is -0.452 e. The van der Waals surface area contributed by atoms with E-state index in [9.17, 15) is 14.4 Å². The number of hydrazine groups is 1. The second kappa shape index (κ2) is 10.3. The summed E-state index contributed by atoms with van der Waals surface area (Å²) < 4.78 is 6.07. The van der Waals surface area contributed by atoms with Gasteiger partial charge in [-0.1, -0.05) is 47.5 Å². The maximum atomic E-state index is 13.4. The molecule has 2 heterocycles. The average Bonchev–Trinajstić information content (AvgIpc) is 3.25. The topological polar surface area (TPSA) is 127 Å². The fourth-order valence-electron chi connectivity index (χ4n) is 3.22.